The van der Waals surface area contributed by atoms with Crippen molar-refractivity contribution in [2.45, 2.75) is 51.0 Å². The first-order valence-corrected chi connectivity index (χ1v) is 25.8. The highest BCUT2D eigenvalue weighted by Crippen LogP contribution is 2.43. The first kappa shape index (κ1) is 46.2. The number of carbonyl (C=O) groups is 1. The fourth-order valence-electron chi connectivity index (χ4n) is 8.89. The molecule has 0 unspecified atom stereocenters. The number of rotatable bonds is 14. The van der Waals surface area contributed by atoms with E-state index in [2.05, 4.69) is 60.7 Å². The monoisotopic (exact) mass is 945 g/mol. The molecule has 5 aromatic rings. The molecule has 2 aliphatic heterocycles. The van der Waals surface area contributed by atoms with Gasteiger partial charge < -0.3 is 24.5 Å². The summed E-state index contributed by atoms with van der Waals surface area (Å²) in [6.45, 7) is 12.0. The van der Waals surface area contributed by atoms with Gasteiger partial charge in [-0.3, -0.25) is 29.5 Å². The number of H-pyrrole nitrogens is 1. The Hall–Kier alpha value is -5.37. The van der Waals surface area contributed by atoms with E-state index in [1.807, 2.05) is 25.1 Å². The fraction of sp³-hybridized carbons (Fsp3) is 0.391. The Kier molecular flexibility index (Phi) is 13.4. The van der Waals surface area contributed by atoms with Crippen molar-refractivity contribution >= 4 is 71.3 Å². The number of piperazine rings is 1. The number of nitro groups is 1. The molecule has 0 radical (unpaired) electrons. The number of ether oxygens (including phenoxy) is 1. The molecule has 8 rings (SSSR count). The molecular formula is C46H56ClN9O7S2. The third-order valence-corrected chi connectivity index (χ3v) is 16.0. The van der Waals surface area contributed by atoms with Crippen molar-refractivity contribution in [2.24, 2.45) is 5.41 Å². The smallest absolute Gasteiger partial charge is 0.293 e. The largest absolute Gasteiger partial charge is 0.455 e. The number of benzene rings is 3. The predicted octanol–water partition coefficient (Wildman–Crippen LogP) is 8.06. The quantitative estimate of drug-likeness (QED) is 0.0355. The van der Waals surface area contributed by atoms with Crippen LogP contribution < -0.4 is 19.7 Å². The van der Waals surface area contributed by atoms with Gasteiger partial charge in [0, 0.05) is 104 Å². The van der Waals surface area contributed by atoms with Crippen LogP contribution in [0.2, 0.25) is 5.02 Å². The molecule has 1 atom stereocenters. The third-order valence-electron chi connectivity index (χ3n) is 12.6. The van der Waals surface area contributed by atoms with Gasteiger partial charge >= 0.3 is 0 Å². The van der Waals surface area contributed by atoms with E-state index in [0.717, 1.165) is 61.1 Å². The van der Waals surface area contributed by atoms with Gasteiger partial charge in [-0.1, -0.05) is 43.2 Å². The molecule has 65 heavy (non-hydrogen) atoms. The van der Waals surface area contributed by atoms with Gasteiger partial charge in [0.25, 0.3) is 21.6 Å². The number of hydrogen-bond donors (Lipinski definition) is 6. The van der Waals surface area contributed by atoms with Crippen LogP contribution >= 0.6 is 11.6 Å². The van der Waals surface area contributed by atoms with E-state index in [4.69, 9.17) is 21.1 Å². The minimum atomic E-state index is -4.61. The fourth-order valence-corrected chi connectivity index (χ4v) is 11.4. The van der Waals surface area contributed by atoms with Crippen molar-refractivity contribution in [1.29, 1.82) is 4.78 Å². The van der Waals surface area contributed by atoms with Crippen LogP contribution in [0.5, 0.6) is 11.5 Å². The van der Waals surface area contributed by atoms with Crippen LogP contribution in [0.4, 0.5) is 17.1 Å². The minimum absolute atomic E-state index is 0.0580. The van der Waals surface area contributed by atoms with E-state index in [9.17, 15) is 27.9 Å². The van der Waals surface area contributed by atoms with E-state index in [0.29, 0.717) is 55.6 Å². The standard InChI is InChI=1S/C46H56ClN9O7S2/c1-31(29-54-20-22-64(48,60)23-21-54)51-41-11-9-38(26-42(41)56(58)59)65(61,62)52-45(57)39-10-8-36(25-43(39)63-37-24-33-13-15-49-44(33)50-28-37)55-18-16-53(17-19-55)30-34-12-14-46(2,3)27-40(34)32-4-6-35(47)7-5-32/h4-11,13,15,24-26,28,31,51,64H,12,14,16-23,27,29-30H2,1-3H3,(H2,48,60)(H,49,50)(H,52,57)/t31-/m0/s1. The van der Waals surface area contributed by atoms with Crippen molar-refractivity contribution in [1.82, 2.24) is 24.5 Å². The number of nitrogens with zero attached hydrogens (tertiary/aromatic N) is 5. The number of fused-ring (bicyclic) bond motifs is 1. The number of anilines is 2. The maximum absolute atomic E-state index is 14.0. The highest BCUT2D eigenvalue weighted by Gasteiger charge is 2.31. The summed E-state index contributed by atoms with van der Waals surface area (Å²) in [7, 11) is -7.22. The van der Waals surface area contributed by atoms with Gasteiger partial charge in [0.15, 0.2) is 0 Å². The van der Waals surface area contributed by atoms with Crippen LogP contribution in [-0.2, 0) is 20.1 Å². The predicted molar refractivity (Wildman–Crippen MR) is 258 cm³/mol. The first-order valence-electron chi connectivity index (χ1n) is 21.8. The number of thiol groups is 1. The Labute approximate surface area is 385 Å². The maximum Gasteiger partial charge on any atom is 0.293 e. The van der Waals surface area contributed by atoms with E-state index in [1.54, 1.807) is 24.4 Å². The summed E-state index contributed by atoms with van der Waals surface area (Å²) >= 11 is 6.24. The van der Waals surface area contributed by atoms with E-state index in [1.165, 1.54) is 41.1 Å². The molecule has 3 aromatic carbocycles. The van der Waals surface area contributed by atoms with Crippen molar-refractivity contribution in [3.8, 4) is 11.5 Å². The summed E-state index contributed by atoms with van der Waals surface area (Å²) < 4.78 is 54.0. The van der Waals surface area contributed by atoms with Gasteiger partial charge in [0.1, 0.15) is 22.8 Å². The Morgan fingerprint density at radius 3 is 2.49 bits per heavy atom. The Balaban J connectivity index is 0.988. The molecule has 5 N–H and O–H groups in total. The van der Waals surface area contributed by atoms with Crippen LogP contribution in [0.15, 0.2) is 95.7 Å². The summed E-state index contributed by atoms with van der Waals surface area (Å²) in [5.41, 5.74) is 5.33. The van der Waals surface area contributed by atoms with E-state index >= 15 is 0 Å². The number of aromatic amines is 1. The van der Waals surface area contributed by atoms with Gasteiger partial charge in [-0.25, -0.2) is 18.1 Å². The summed E-state index contributed by atoms with van der Waals surface area (Å²) in [6.07, 6.45) is 6.44. The number of sulfonamides is 1. The summed E-state index contributed by atoms with van der Waals surface area (Å²) in [6, 6.07) is 20.0. The molecule has 2 saturated heterocycles. The Bertz CT molecular complexity index is 2780. The summed E-state index contributed by atoms with van der Waals surface area (Å²) in [5, 5.41) is 16.8. The number of allylic oxidation sites excluding steroid dienone is 1. The topological polar surface area (TPSA) is 210 Å². The number of pyridine rings is 1. The number of nitro benzene ring substituents is 1. The number of carbonyl (C=O) groups excluding carboxylic acids is 1. The van der Waals surface area contributed by atoms with E-state index < -0.39 is 41.5 Å². The first-order chi connectivity index (χ1) is 30.9. The third kappa shape index (κ3) is 11.2. The molecule has 1 aliphatic carbocycles. The zero-order valence-electron chi connectivity index (χ0n) is 36.7. The average molecular weight is 947 g/mol. The molecule has 0 spiro atoms. The molecular weight excluding hydrogens is 890 g/mol. The summed E-state index contributed by atoms with van der Waals surface area (Å²) in [5.74, 6) is 0.275. The van der Waals surface area contributed by atoms with E-state index in [-0.39, 0.29) is 28.5 Å². The molecule has 1 amide bonds. The number of halogens is 1. The second-order valence-corrected chi connectivity index (χ2v) is 23.0. The van der Waals surface area contributed by atoms with Crippen molar-refractivity contribution in [3.05, 3.63) is 117 Å². The number of amides is 1. The lowest BCUT2D eigenvalue weighted by atomic mass is 9.72. The second-order valence-electron chi connectivity index (χ2n) is 18.1. The van der Waals surface area contributed by atoms with Crippen LogP contribution in [0.1, 0.15) is 56.0 Å². The lowest BCUT2D eigenvalue weighted by Gasteiger charge is -2.39. The average Bonchev–Trinajstić information content (AvgIpc) is 3.73. The summed E-state index contributed by atoms with van der Waals surface area (Å²) in [4.78, 5) is 39.3. The van der Waals surface area contributed by atoms with Gasteiger partial charge in [-0.05, 0) is 91.3 Å². The molecule has 2 fully saturated rings. The zero-order chi connectivity index (χ0) is 46.1. The SMILES string of the molecule is C[C@@H](CN1CC[SH](=N)(O)CC1)Nc1ccc(S(=O)(=O)NC(=O)c2ccc(N3CCN(CC4=C(c5ccc(Cl)cc5)CC(C)(C)CC4)CC3)cc2Oc2cnc3[nH]ccc3c2)cc1[N+](=O)[O-]. The highest BCUT2D eigenvalue weighted by molar-refractivity contribution is 7.98. The van der Waals surface area contributed by atoms with Crippen molar-refractivity contribution in [2.75, 3.05) is 74.1 Å². The van der Waals surface area contributed by atoms with Crippen LogP contribution in [0.25, 0.3) is 16.6 Å². The van der Waals surface area contributed by atoms with Crippen molar-refractivity contribution in [3.63, 3.8) is 0 Å². The Morgan fingerprint density at radius 1 is 1.03 bits per heavy atom. The number of aromatic nitrogens is 2. The van der Waals surface area contributed by atoms with Crippen molar-refractivity contribution < 1.29 is 27.4 Å². The zero-order valence-corrected chi connectivity index (χ0v) is 39.2. The molecule has 4 heterocycles. The molecule has 0 bridgehead atoms. The normalized spacial score (nSPS) is 19.1. The number of hydrogen-bond acceptors (Lipinski definition) is 12. The second kappa shape index (κ2) is 18.9. The molecule has 0 saturated carbocycles. The van der Waals surface area contributed by atoms with Crippen LogP contribution in [0.3, 0.4) is 0 Å². The van der Waals surface area contributed by atoms with Gasteiger partial charge in [-0.2, -0.15) is 0 Å². The highest BCUT2D eigenvalue weighted by atomic mass is 35.5. The maximum atomic E-state index is 14.0. The van der Waals surface area contributed by atoms with Crippen LogP contribution in [-0.4, -0.2) is 113 Å². The minimum Gasteiger partial charge on any atom is -0.455 e. The lowest BCUT2D eigenvalue weighted by molar-refractivity contribution is -0.384. The molecule has 16 nitrogen and oxygen atoms in total. The number of nitrogens with one attached hydrogen (secondary N) is 4. The molecule has 19 heteroatoms. The Morgan fingerprint density at radius 2 is 1.77 bits per heavy atom. The van der Waals surface area contributed by atoms with Gasteiger partial charge in [0.2, 0.25) is 0 Å². The molecule has 346 valence electrons. The molecule has 3 aliphatic rings. The van der Waals surface area contributed by atoms with Gasteiger partial charge in [-0.15, -0.1) is 10.1 Å². The molecule has 2 aromatic heterocycles. The van der Waals surface area contributed by atoms with Gasteiger partial charge in [0.05, 0.1) is 21.6 Å². The lowest BCUT2D eigenvalue weighted by Crippen LogP contribution is -2.47. The van der Waals surface area contributed by atoms with Crippen LogP contribution in [0, 0.1) is 20.3 Å².